The lowest BCUT2D eigenvalue weighted by Crippen LogP contribution is -2.30. The van der Waals surface area contributed by atoms with Crippen molar-refractivity contribution in [2.75, 3.05) is 26.2 Å². The molecule has 1 rings (SSSR count). The van der Waals surface area contributed by atoms with E-state index in [1.54, 1.807) is 19.1 Å². The van der Waals surface area contributed by atoms with Crippen molar-refractivity contribution in [3.05, 3.63) is 34.9 Å². The first-order valence-electron chi connectivity index (χ1n) is 7.95. The third kappa shape index (κ3) is 5.04. The van der Waals surface area contributed by atoms with Crippen molar-refractivity contribution in [1.82, 2.24) is 10.2 Å². The van der Waals surface area contributed by atoms with Crippen LogP contribution in [0.4, 0.5) is 8.78 Å². The van der Waals surface area contributed by atoms with Gasteiger partial charge in [-0.05, 0) is 51.5 Å². The van der Waals surface area contributed by atoms with Gasteiger partial charge in [0, 0.05) is 11.6 Å². The van der Waals surface area contributed by atoms with Gasteiger partial charge in [0.05, 0.1) is 0 Å². The van der Waals surface area contributed by atoms with E-state index in [0.29, 0.717) is 11.1 Å². The van der Waals surface area contributed by atoms with Gasteiger partial charge in [-0.1, -0.05) is 32.9 Å². The number of hydrogen-bond donors (Lipinski definition) is 1. The quantitative estimate of drug-likeness (QED) is 0.740. The van der Waals surface area contributed by atoms with Gasteiger partial charge in [-0.25, -0.2) is 8.78 Å². The number of halogens is 2. The highest BCUT2D eigenvalue weighted by molar-refractivity contribution is 5.28. The molecule has 4 heteroatoms. The summed E-state index contributed by atoms with van der Waals surface area (Å²) in [4.78, 5) is 2.29. The lowest BCUT2D eigenvalue weighted by molar-refractivity contribution is 0.279. The highest BCUT2D eigenvalue weighted by Gasteiger charge is 2.19. The number of hydrogen-bond acceptors (Lipinski definition) is 2. The second-order valence-corrected chi connectivity index (χ2v) is 5.42. The van der Waals surface area contributed by atoms with Gasteiger partial charge in [0.25, 0.3) is 0 Å². The smallest absolute Gasteiger partial charge is 0.163 e. The molecule has 2 nitrogen and oxygen atoms in total. The van der Waals surface area contributed by atoms with Crippen LogP contribution in [0.2, 0.25) is 0 Å². The van der Waals surface area contributed by atoms with Crippen molar-refractivity contribution in [2.24, 2.45) is 0 Å². The first-order valence-corrected chi connectivity index (χ1v) is 7.95. The maximum atomic E-state index is 14.2. The first kappa shape index (κ1) is 18.1. The molecule has 0 fully saturated rings. The largest absolute Gasteiger partial charge is 0.310 e. The lowest BCUT2D eigenvalue weighted by atomic mass is 10.0. The van der Waals surface area contributed by atoms with Crippen LogP contribution in [0.5, 0.6) is 0 Å². The number of nitrogens with one attached hydrogen (secondary N) is 1. The van der Waals surface area contributed by atoms with E-state index in [1.807, 2.05) is 0 Å². The van der Waals surface area contributed by atoms with E-state index in [9.17, 15) is 8.78 Å². The van der Waals surface area contributed by atoms with Gasteiger partial charge in [-0.2, -0.15) is 0 Å². The van der Waals surface area contributed by atoms with E-state index in [1.165, 1.54) is 0 Å². The fourth-order valence-corrected chi connectivity index (χ4v) is 2.47. The summed E-state index contributed by atoms with van der Waals surface area (Å²) >= 11 is 0. The summed E-state index contributed by atoms with van der Waals surface area (Å²) in [7, 11) is 0. The van der Waals surface area contributed by atoms with Gasteiger partial charge in [0.15, 0.2) is 11.6 Å². The second-order valence-electron chi connectivity index (χ2n) is 5.42. The molecule has 21 heavy (non-hydrogen) atoms. The van der Waals surface area contributed by atoms with Gasteiger partial charge in [-0.15, -0.1) is 0 Å². The fraction of sp³-hybridized carbons (Fsp3) is 0.647. The average Bonchev–Trinajstić information content (AvgIpc) is 2.49. The Morgan fingerprint density at radius 3 is 2.33 bits per heavy atom. The van der Waals surface area contributed by atoms with Gasteiger partial charge < -0.3 is 10.2 Å². The van der Waals surface area contributed by atoms with E-state index >= 15 is 0 Å². The van der Waals surface area contributed by atoms with Crippen LogP contribution in [0, 0.1) is 18.6 Å². The highest BCUT2D eigenvalue weighted by atomic mass is 19.2. The van der Waals surface area contributed by atoms with Crippen molar-refractivity contribution in [2.45, 2.75) is 46.6 Å². The first-order chi connectivity index (χ1) is 10.0. The predicted octanol–water partition coefficient (Wildman–Crippen LogP) is 4.05. The summed E-state index contributed by atoms with van der Waals surface area (Å²) in [6, 6.07) is 3.23. The van der Waals surface area contributed by atoms with E-state index < -0.39 is 11.6 Å². The molecule has 0 saturated heterocycles. The molecule has 0 heterocycles. The minimum absolute atomic E-state index is 0.138. The Labute approximate surface area is 127 Å². The number of benzene rings is 1. The van der Waals surface area contributed by atoms with Crippen molar-refractivity contribution < 1.29 is 8.78 Å². The summed E-state index contributed by atoms with van der Waals surface area (Å²) in [5, 5.41) is 3.34. The molecule has 0 aromatic heterocycles. The van der Waals surface area contributed by atoms with Crippen LogP contribution in [0.15, 0.2) is 12.1 Å². The normalized spacial score (nSPS) is 12.9. The molecule has 0 radical (unpaired) electrons. The van der Waals surface area contributed by atoms with Crippen LogP contribution in [-0.4, -0.2) is 31.1 Å². The standard InChI is InChI=1S/C17H28F2N2/c1-5-11-20-15(10-12-21(6-2)7-3)14-9-8-13(4)16(18)17(14)19/h8-9,15,20H,5-7,10-12H2,1-4H3. The molecule has 1 atom stereocenters. The highest BCUT2D eigenvalue weighted by Crippen LogP contribution is 2.24. The third-order valence-corrected chi connectivity index (χ3v) is 3.95. The summed E-state index contributed by atoms with van der Waals surface area (Å²) in [5.74, 6) is -1.43. The molecule has 0 aliphatic heterocycles. The minimum atomic E-state index is -0.723. The maximum Gasteiger partial charge on any atom is 0.163 e. The molecule has 0 amide bonds. The van der Waals surface area contributed by atoms with Gasteiger partial charge in [0.2, 0.25) is 0 Å². The van der Waals surface area contributed by atoms with E-state index in [-0.39, 0.29) is 6.04 Å². The van der Waals surface area contributed by atoms with Gasteiger partial charge in [-0.3, -0.25) is 0 Å². The fourth-order valence-electron chi connectivity index (χ4n) is 2.47. The summed E-state index contributed by atoms with van der Waals surface area (Å²) in [5.41, 5.74) is 0.799. The maximum absolute atomic E-state index is 14.2. The van der Waals surface area contributed by atoms with Crippen molar-refractivity contribution in [3.63, 3.8) is 0 Å². The Bertz CT molecular complexity index is 431. The molecule has 1 unspecified atom stereocenters. The number of aryl methyl sites for hydroxylation is 1. The molecule has 1 aromatic rings. The molecular weight excluding hydrogens is 270 g/mol. The molecule has 0 saturated carbocycles. The van der Waals surface area contributed by atoms with Crippen LogP contribution in [0.25, 0.3) is 0 Å². The molecule has 0 aliphatic carbocycles. The summed E-state index contributed by atoms with van der Waals surface area (Å²) < 4.78 is 28.0. The Morgan fingerprint density at radius 1 is 1.10 bits per heavy atom. The zero-order valence-corrected chi connectivity index (χ0v) is 13.7. The summed E-state index contributed by atoms with van der Waals surface area (Å²) in [6.45, 7) is 11.5. The lowest BCUT2D eigenvalue weighted by Gasteiger charge is -2.24. The van der Waals surface area contributed by atoms with Crippen LogP contribution in [-0.2, 0) is 0 Å². The summed E-state index contributed by atoms with van der Waals surface area (Å²) in [6.07, 6.45) is 1.75. The monoisotopic (exact) mass is 298 g/mol. The molecule has 0 bridgehead atoms. The zero-order valence-electron chi connectivity index (χ0n) is 13.7. The Hall–Kier alpha value is -1.00. The van der Waals surface area contributed by atoms with Gasteiger partial charge >= 0.3 is 0 Å². The molecule has 120 valence electrons. The Balaban J connectivity index is 2.89. The van der Waals surface area contributed by atoms with Crippen molar-refractivity contribution in [3.8, 4) is 0 Å². The minimum Gasteiger partial charge on any atom is -0.310 e. The van der Waals surface area contributed by atoms with Crippen LogP contribution in [0.1, 0.15) is 50.8 Å². The topological polar surface area (TPSA) is 15.3 Å². The van der Waals surface area contributed by atoms with Crippen LogP contribution in [0.3, 0.4) is 0 Å². The predicted molar refractivity (Wildman–Crippen MR) is 84.5 cm³/mol. The van der Waals surface area contributed by atoms with Crippen LogP contribution < -0.4 is 5.32 Å². The number of nitrogens with zero attached hydrogens (tertiary/aromatic N) is 1. The van der Waals surface area contributed by atoms with Crippen molar-refractivity contribution in [1.29, 1.82) is 0 Å². The van der Waals surface area contributed by atoms with Crippen molar-refractivity contribution >= 4 is 0 Å². The van der Waals surface area contributed by atoms with E-state index in [2.05, 4.69) is 31.0 Å². The molecule has 1 N–H and O–H groups in total. The Kier molecular flexibility index (Phi) is 7.83. The van der Waals surface area contributed by atoms with E-state index in [0.717, 1.165) is 39.0 Å². The third-order valence-electron chi connectivity index (χ3n) is 3.95. The zero-order chi connectivity index (χ0) is 15.8. The Morgan fingerprint density at radius 2 is 1.76 bits per heavy atom. The van der Waals surface area contributed by atoms with Gasteiger partial charge in [0.1, 0.15) is 0 Å². The van der Waals surface area contributed by atoms with E-state index in [4.69, 9.17) is 0 Å². The molecular formula is C17H28F2N2. The molecule has 0 aliphatic rings. The SMILES string of the molecule is CCCNC(CCN(CC)CC)c1ccc(C)c(F)c1F. The van der Waals surface area contributed by atoms with Crippen LogP contribution >= 0.6 is 0 Å². The molecule has 1 aromatic carbocycles. The molecule has 0 spiro atoms. The number of rotatable bonds is 9. The second kappa shape index (κ2) is 9.11. The average molecular weight is 298 g/mol.